The molecule has 0 radical (unpaired) electrons. The van der Waals surface area contributed by atoms with Crippen LogP contribution in [0, 0.1) is 5.41 Å². The van der Waals surface area contributed by atoms with E-state index in [0.29, 0.717) is 18.7 Å². The van der Waals surface area contributed by atoms with Gasteiger partial charge in [0.2, 0.25) is 0 Å². The second-order valence-corrected chi connectivity index (χ2v) is 5.06. The van der Waals surface area contributed by atoms with Crippen molar-refractivity contribution in [3.05, 3.63) is 28.2 Å². The maximum absolute atomic E-state index is 9.13. The van der Waals surface area contributed by atoms with Gasteiger partial charge in [0.25, 0.3) is 0 Å². The van der Waals surface area contributed by atoms with Gasteiger partial charge in [0.1, 0.15) is 5.84 Å². The summed E-state index contributed by atoms with van der Waals surface area (Å²) < 4.78 is 6.32. The molecule has 2 rings (SSSR count). The number of nitrogens with two attached hydrogens (primary N) is 1. The van der Waals surface area contributed by atoms with Gasteiger partial charge >= 0.3 is 0 Å². The Morgan fingerprint density at radius 2 is 2.39 bits per heavy atom. The molecular weight excluding hydrogens is 298 g/mol. The van der Waals surface area contributed by atoms with Gasteiger partial charge in [0.05, 0.1) is 25.0 Å². The lowest BCUT2D eigenvalue weighted by molar-refractivity contribution is 0.00353. The van der Waals surface area contributed by atoms with E-state index in [9.17, 15) is 0 Å². The summed E-state index contributed by atoms with van der Waals surface area (Å²) in [6, 6.07) is 5.59. The first kappa shape index (κ1) is 13.3. The van der Waals surface area contributed by atoms with E-state index < -0.39 is 0 Å². The standard InChI is InChI=1S/C12H16BrN3O2/c13-10-5-8(12(14)15)1-2-11(10)16-3-4-18-9(6-16)7-17/h1-2,5,9,17H,3-4,6-7H2,(H3,14,15). The van der Waals surface area contributed by atoms with E-state index >= 15 is 0 Å². The van der Waals surface area contributed by atoms with Gasteiger partial charge in [0, 0.05) is 23.1 Å². The molecule has 0 bridgehead atoms. The molecule has 5 nitrogen and oxygen atoms in total. The molecule has 1 aliphatic heterocycles. The Morgan fingerprint density at radius 1 is 1.61 bits per heavy atom. The zero-order valence-corrected chi connectivity index (χ0v) is 11.5. The lowest BCUT2D eigenvalue weighted by Crippen LogP contribution is -2.44. The first-order valence-corrected chi connectivity index (χ1v) is 6.52. The number of rotatable bonds is 3. The van der Waals surface area contributed by atoms with Crippen molar-refractivity contribution >= 4 is 27.5 Å². The number of aliphatic hydroxyl groups is 1. The molecule has 98 valence electrons. The molecule has 0 aromatic heterocycles. The number of halogens is 1. The van der Waals surface area contributed by atoms with E-state index in [2.05, 4.69) is 20.8 Å². The van der Waals surface area contributed by atoms with Gasteiger partial charge in [0.15, 0.2) is 0 Å². The van der Waals surface area contributed by atoms with E-state index in [0.717, 1.165) is 16.7 Å². The molecule has 0 spiro atoms. The number of aliphatic hydroxyl groups excluding tert-OH is 1. The van der Waals surface area contributed by atoms with Crippen LogP contribution in [0.3, 0.4) is 0 Å². The fourth-order valence-electron chi connectivity index (χ4n) is 1.98. The summed E-state index contributed by atoms with van der Waals surface area (Å²) in [5.41, 5.74) is 7.17. The number of morpholine rings is 1. The minimum atomic E-state index is -0.141. The largest absolute Gasteiger partial charge is 0.394 e. The minimum absolute atomic E-state index is 0.0274. The van der Waals surface area contributed by atoms with E-state index in [1.165, 1.54) is 0 Å². The number of nitrogen functional groups attached to an aromatic ring is 1. The van der Waals surface area contributed by atoms with Crippen molar-refractivity contribution in [2.45, 2.75) is 6.10 Å². The minimum Gasteiger partial charge on any atom is -0.394 e. The molecule has 18 heavy (non-hydrogen) atoms. The molecule has 1 aliphatic rings. The SMILES string of the molecule is N=C(N)c1ccc(N2CCOC(CO)C2)c(Br)c1. The summed E-state index contributed by atoms with van der Waals surface area (Å²) in [7, 11) is 0. The Labute approximate surface area is 114 Å². The highest BCUT2D eigenvalue weighted by Gasteiger charge is 2.21. The van der Waals surface area contributed by atoms with Crippen molar-refractivity contribution in [1.29, 1.82) is 5.41 Å². The maximum Gasteiger partial charge on any atom is 0.122 e. The molecule has 1 fully saturated rings. The van der Waals surface area contributed by atoms with Crippen LogP contribution in [0.5, 0.6) is 0 Å². The maximum atomic E-state index is 9.13. The van der Waals surface area contributed by atoms with Crippen LogP contribution in [-0.4, -0.2) is 43.3 Å². The second-order valence-electron chi connectivity index (χ2n) is 4.20. The number of nitrogens with one attached hydrogen (secondary N) is 1. The normalized spacial score (nSPS) is 19.9. The molecule has 1 heterocycles. The van der Waals surface area contributed by atoms with Crippen LogP contribution in [0.2, 0.25) is 0 Å². The molecule has 1 aromatic rings. The Hall–Kier alpha value is -1.11. The van der Waals surface area contributed by atoms with Gasteiger partial charge in [-0.2, -0.15) is 0 Å². The Morgan fingerprint density at radius 3 is 3.00 bits per heavy atom. The third-order valence-corrected chi connectivity index (χ3v) is 3.58. The lowest BCUT2D eigenvalue weighted by atomic mass is 10.1. The zero-order valence-electron chi connectivity index (χ0n) is 9.90. The molecule has 1 saturated heterocycles. The highest BCUT2D eigenvalue weighted by atomic mass is 79.9. The highest BCUT2D eigenvalue weighted by molar-refractivity contribution is 9.10. The van der Waals surface area contributed by atoms with Crippen molar-refractivity contribution in [2.24, 2.45) is 5.73 Å². The van der Waals surface area contributed by atoms with Crippen molar-refractivity contribution < 1.29 is 9.84 Å². The monoisotopic (exact) mass is 313 g/mol. The van der Waals surface area contributed by atoms with Crippen LogP contribution in [-0.2, 0) is 4.74 Å². The number of ether oxygens (including phenoxy) is 1. The van der Waals surface area contributed by atoms with Gasteiger partial charge in [-0.25, -0.2) is 0 Å². The van der Waals surface area contributed by atoms with Crippen LogP contribution in [0.4, 0.5) is 5.69 Å². The van der Waals surface area contributed by atoms with E-state index in [1.54, 1.807) is 0 Å². The average molecular weight is 314 g/mol. The third-order valence-electron chi connectivity index (χ3n) is 2.94. The topological polar surface area (TPSA) is 82.6 Å². The number of nitrogens with zero attached hydrogens (tertiary/aromatic N) is 1. The summed E-state index contributed by atoms with van der Waals surface area (Å²) >= 11 is 3.50. The number of hydrogen-bond donors (Lipinski definition) is 3. The van der Waals surface area contributed by atoms with Gasteiger partial charge in [-0.3, -0.25) is 5.41 Å². The van der Waals surface area contributed by atoms with Crippen molar-refractivity contribution in [3.8, 4) is 0 Å². The third kappa shape index (κ3) is 2.82. The molecule has 0 amide bonds. The second kappa shape index (κ2) is 5.69. The predicted octanol–water partition coefficient (Wildman–Crippen LogP) is 0.931. The zero-order chi connectivity index (χ0) is 13.1. The quantitative estimate of drug-likeness (QED) is 0.572. The molecular formula is C12H16BrN3O2. The van der Waals surface area contributed by atoms with Crippen LogP contribution < -0.4 is 10.6 Å². The lowest BCUT2D eigenvalue weighted by Gasteiger charge is -2.34. The van der Waals surface area contributed by atoms with Gasteiger partial charge < -0.3 is 20.5 Å². The summed E-state index contributed by atoms with van der Waals surface area (Å²) in [6.07, 6.45) is -0.141. The highest BCUT2D eigenvalue weighted by Crippen LogP contribution is 2.28. The number of hydrogen-bond acceptors (Lipinski definition) is 4. The van der Waals surface area contributed by atoms with Crippen LogP contribution >= 0.6 is 15.9 Å². The van der Waals surface area contributed by atoms with Crippen molar-refractivity contribution in [1.82, 2.24) is 0 Å². The van der Waals surface area contributed by atoms with Crippen LogP contribution in [0.15, 0.2) is 22.7 Å². The van der Waals surface area contributed by atoms with Crippen molar-refractivity contribution in [2.75, 3.05) is 31.2 Å². The predicted molar refractivity (Wildman–Crippen MR) is 74.2 cm³/mol. The summed E-state index contributed by atoms with van der Waals surface area (Å²) in [6.45, 7) is 2.08. The molecule has 4 N–H and O–H groups in total. The number of amidine groups is 1. The van der Waals surface area contributed by atoms with Gasteiger partial charge in [-0.05, 0) is 34.1 Å². The fourth-order valence-corrected chi connectivity index (χ4v) is 2.61. The number of anilines is 1. The average Bonchev–Trinajstić information content (AvgIpc) is 2.38. The Kier molecular flexibility index (Phi) is 4.21. The molecule has 0 saturated carbocycles. The van der Waals surface area contributed by atoms with E-state index in [-0.39, 0.29) is 18.5 Å². The summed E-state index contributed by atoms with van der Waals surface area (Å²) in [5, 5.41) is 16.5. The fraction of sp³-hybridized carbons (Fsp3) is 0.417. The Bertz CT molecular complexity index is 453. The first-order valence-electron chi connectivity index (χ1n) is 5.73. The molecule has 1 atom stereocenters. The Balaban J connectivity index is 2.20. The van der Waals surface area contributed by atoms with E-state index in [4.69, 9.17) is 21.0 Å². The van der Waals surface area contributed by atoms with Gasteiger partial charge in [-0.15, -0.1) is 0 Å². The summed E-state index contributed by atoms with van der Waals surface area (Å²) in [5.74, 6) is 0.0532. The smallest absolute Gasteiger partial charge is 0.122 e. The van der Waals surface area contributed by atoms with E-state index in [1.807, 2.05) is 18.2 Å². The summed E-state index contributed by atoms with van der Waals surface area (Å²) in [4.78, 5) is 2.15. The molecule has 6 heteroatoms. The van der Waals surface area contributed by atoms with Crippen molar-refractivity contribution in [3.63, 3.8) is 0 Å². The van der Waals surface area contributed by atoms with Crippen LogP contribution in [0.1, 0.15) is 5.56 Å². The first-order chi connectivity index (χ1) is 8.61. The molecule has 1 aromatic carbocycles. The number of benzene rings is 1. The molecule has 0 aliphatic carbocycles. The molecule has 1 unspecified atom stereocenters. The van der Waals surface area contributed by atoms with Gasteiger partial charge in [-0.1, -0.05) is 0 Å². The van der Waals surface area contributed by atoms with Crippen LogP contribution in [0.25, 0.3) is 0 Å².